The Bertz CT molecular complexity index is 751. The van der Waals surface area contributed by atoms with Crippen molar-refractivity contribution in [1.82, 2.24) is 9.62 Å². The van der Waals surface area contributed by atoms with Crippen molar-refractivity contribution in [2.24, 2.45) is 0 Å². The van der Waals surface area contributed by atoms with E-state index in [-0.39, 0.29) is 10.8 Å². The summed E-state index contributed by atoms with van der Waals surface area (Å²) in [5, 5.41) is 2.89. The lowest BCUT2D eigenvalue weighted by Crippen LogP contribution is -2.46. The summed E-state index contributed by atoms with van der Waals surface area (Å²) in [6.45, 7) is 4.98. The van der Waals surface area contributed by atoms with Gasteiger partial charge in [0.25, 0.3) is 5.91 Å². The molecule has 2 rings (SSSR count). The minimum absolute atomic E-state index is 0.227. The number of rotatable bonds is 6. The Morgan fingerprint density at radius 3 is 2.12 bits per heavy atom. The van der Waals surface area contributed by atoms with Crippen molar-refractivity contribution < 1.29 is 13.2 Å². The molecule has 0 aliphatic carbocycles. The maximum atomic E-state index is 12.8. The summed E-state index contributed by atoms with van der Waals surface area (Å²) < 4.78 is 27.1. The highest BCUT2D eigenvalue weighted by Gasteiger charge is 2.27. The molecule has 1 fully saturated rings. The van der Waals surface area contributed by atoms with E-state index in [0.717, 1.165) is 25.7 Å². The van der Waals surface area contributed by atoms with E-state index >= 15 is 0 Å². The van der Waals surface area contributed by atoms with Gasteiger partial charge in [0.1, 0.15) is 5.54 Å². The van der Waals surface area contributed by atoms with E-state index in [1.54, 1.807) is 16.4 Å². The first-order valence-electron chi connectivity index (χ1n) is 9.29. The predicted octanol–water partition coefficient (Wildman–Crippen LogP) is 3.17. The van der Waals surface area contributed by atoms with Gasteiger partial charge in [0, 0.05) is 18.7 Å². The van der Waals surface area contributed by atoms with Crippen molar-refractivity contribution in [2.75, 3.05) is 13.1 Å². The number of carbonyl (C=O) groups is 1. The number of carbonyl (C=O) groups excluding carboxylic acids is 1. The standard InChI is InChI=1S/C20H28N2O3S/c1-4-20(5-2,6-3)21-19(23)17-11-13-18(14-12-17)26(24,25)22-15-9-7-8-10-16-22/h1,11-14H,5-10,15-16H2,2-3H3,(H,21,23). The molecule has 0 bridgehead atoms. The highest BCUT2D eigenvalue weighted by atomic mass is 32.2. The largest absolute Gasteiger partial charge is 0.336 e. The molecule has 0 atom stereocenters. The third-order valence-electron chi connectivity index (χ3n) is 5.16. The smallest absolute Gasteiger partial charge is 0.252 e. The lowest BCUT2D eigenvalue weighted by Gasteiger charge is -2.27. The van der Waals surface area contributed by atoms with Gasteiger partial charge in [0.2, 0.25) is 10.0 Å². The summed E-state index contributed by atoms with van der Waals surface area (Å²) in [5.74, 6) is 2.38. The van der Waals surface area contributed by atoms with Gasteiger partial charge in [-0.3, -0.25) is 4.79 Å². The van der Waals surface area contributed by atoms with Crippen molar-refractivity contribution in [2.45, 2.75) is 62.8 Å². The molecule has 26 heavy (non-hydrogen) atoms. The maximum Gasteiger partial charge on any atom is 0.252 e. The topological polar surface area (TPSA) is 66.5 Å². The van der Waals surface area contributed by atoms with Crippen molar-refractivity contribution in [3.63, 3.8) is 0 Å². The Morgan fingerprint density at radius 1 is 1.12 bits per heavy atom. The molecule has 1 aliphatic heterocycles. The minimum atomic E-state index is -3.51. The zero-order chi connectivity index (χ0) is 19.2. The molecule has 1 aromatic carbocycles. The number of terminal acetylenes is 1. The predicted molar refractivity (Wildman–Crippen MR) is 103 cm³/mol. The number of hydrogen-bond acceptors (Lipinski definition) is 3. The molecule has 1 aliphatic rings. The van der Waals surface area contributed by atoms with Crippen molar-refractivity contribution in [1.29, 1.82) is 0 Å². The molecular weight excluding hydrogens is 348 g/mol. The van der Waals surface area contributed by atoms with Crippen LogP contribution in [0.1, 0.15) is 62.7 Å². The summed E-state index contributed by atoms with van der Waals surface area (Å²) >= 11 is 0. The van der Waals surface area contributed by atoms with Gasteiger partial charge in [0.05, 0.1) is 4.90 Å². The van der Waals surface area contributed by atoms with Gasteiger partial charge in [-0.25, -0.2) is 8.42 Å². The molecule has 0 spiro atoms. The molecular formula is C20H28N2O3S. The monoisotopic (exact) mass is 376 g/mol. The number of hydrogen-bond donors (Lipinski definition) is 1. The van der Waals surface area contributed by atoms with Crippen LogP contribution in [0, 0.1) is 12.3 Å². The average Bonchev–Trinajstić information content (AvgIpc) is 2.96. The molecule has 0 radical (unpaired) electrons. The Morgan fingerprint density at radius 2 is 1.65 bits per heavy atom. The number of amides is 1. The van der Waals surface area contributed by atoms with Gasteiger partial charge >= 0.3 is 0 Å². The number of sulfonamides is 1. The third-order valence-corrected chi connectivity index (χ3v) is 7.07. The Labute approximate surface area is 157 Å². The van der Waals surface area contributed by atoms with E-state index in [1.807, 2.05) is 13.8 Å². The van der Waals surface area contributed by atoms with Crippen LogP contribution in [0.5, 0.6) is 0 Å². The zero-order valence-corrected chi connectivity index (χ0v) is 16.4. The van der Waals surface area contributed by atoms with Crippen LogP contribution < -0.4 is 5.32 Å². The second-order valence-corrected chi connectivity index (χ2v) is 8.67. The molecule has 1 amide bonds. The van der Waals surface area contributed by atoms with Crippen LogP contribution in [0.4, 0.5) is 0 Å². The first-order chi connectivity index (χ1) is 12.4. The van der Waals surface area contributed by atoms with Crippen molar-refractivity contribution in [3.05, 3.63) is 29.8 Å². The SMILES string of the molecule is C#CC(CC)(CC)NC(=O)c1ccc(S(=O)(=O)N2CCCCCC2)cc1. The van der Waals surface area contributed by atoms with Crippen molar-refractivity contribution >= 4 is 15.9 Å². The van der Waals surface area contributed by atoms with E-state index in [4.69, 9.17) is 6.42 Å². The van der Waals surface area contributed by atoms with Gasteiger partial charge in [0.15, 0.2) is 0 Å². The van der Waals surface area contributed by atoms with Gasteiger partial charge in [-0.1, -0.05) is 32.6 Å². The van der Waals surface area contributed by atoms with Crippen LogP contribution in [-0.2, 0) is 10.0 Å². The van der Waals surface area contributed by atoms with E-state index in [0.29, 0.717) is 31.5 Å². The first kappa shape index (κ1) is 20.5. The molecule has 1 N–H and O–H groups in total. The molecule has 1 heterocycles. The van der Waals surface area contributed by atoms with Crippen LogP contribution >= 0.6 is 0 Å². The highest BCUT2D eigenvalue weighted by molar-refractivity contribution is 7.89. The summed E-state index contributed by atoms with van der Waals surface area (Å²) in [7, 11) is -3.51. The van der Waals surface area contributed by atoms with Gasteiger partial charge in [-0.15, -0.1) is 6.42 Å². The van der Waals surface area contributed by atoms with E-state index in [2.05, 4.69) is 11.2 Å². The zero-order valence-electron chi connectivity index (χ0n) is 15.6. The van der Waals surface area contributed by atoms with E-state index in [9.17, 15) is 13.2 Å². The lowest BCUT2D eigenvalue weighted by atomic mass is 9.93. The summed E-state index contributed by atoms with van der Waals surface area (Å²) in [4.78, 5) is 12.7. The first-order valence-corrected chi connectivity index (χ1v) is 10.7. The van der Waals surface area contributed by atoms with Gasteiger partial charge in [-0.2, -0.15) is 4.31 Å². The Kier molecular flexibility index (Phi) is 6.85. The van der Waals surface area contributed by atoms with Crippen LogP contribution in [0.15, 0.2) is 29.2 Å². The molecule has 6 heteroatoms. The second kappa shape index (κ2) is 8.70. The molecule has 5 nitrogen and oxygen atoms in total. The molecule has 0 unspecified atom stereocenters. The molecule has 0 aromatic heterocycles. The van der Waals surface area contributed by atoms with Crippen LogP contribution in [-0.4, -0.2) is 37.3 Å². The van der Waals surface area contributed by atoms with Crippen LogP contribution in [0.25, 0.3) is 0 Å². The normalized spacial score (nSPS) is 16.5. The van der Waals surface area contributed by atoms with Crippen LogP contribution in [0.3, 0.4) is 0 Å². The molecule has 142 valence electrons. The molecule has 1 aromatic rings. The number of benzene rings is 1. The average molecular weight is 377 g/mol. The van der Waals surface area contributed by atoms with Crippen LogP contribution in [0.2, 0.25) is 0 Å². The third kappa shape index (κ3) is 4.46. The lowest BCUT2D eigenvalue weighted by molar-refractivity contribution is 0.0916. The summed E-state index contributed by atoms with van der Waals surface area (Å²) in [5.41, 5.74) is -0.269. The van der Waals surface area contributed by atoms with Gasteiger partial charge < -0.3 is 5.32 Å². The number of nitrogens with one attached hydrogen (secondary N) is 1. The summed E-state index contributed by atoms with van der Waals surface area (Å²) in [6.07, 6.45) is 10.8. The fourth-order valence-corrected chi connectivity index (χ4v) is 4.68. The van der Waals surface area contributed by atoms with E-state index in [1.165, 1.54) is 12.1 Å². The van der Waals surface area contributed by atoms with E-state index < -0.39 is 15.6 Å². The maximum absolute atomic E-state index is 12.8. The fraction of sp³-hybridized carbons (Fsp3) is 0.550. The second-order valence-electron chi connectivity index (χ2n) is 6.73. The van der Waals surface area contributed by atoms with Gasteiger partial charge in [-0.05, 0) is 49.9 Å². The fourth-order valence-electron chi connectivity index (χ4n) is 3.17. The Hall–Kier alpha value is -1.84. The summed E-state index contributed by atoms with van der Waals surface area (Å²) in [6, 6.07) is 6.11. The minimum Gasteiger partial charge on any atom is -0.336 e. The van der Waals surface area contributed by atoms with Crippen molar-refractivity contribution in [3.8, 4) is 12.3 Å². The molecule has 0 saturated carbocycles. The Balaban J connectivity index is 2.17. The number of nitrogens with zero attached hydrogens (tertiary/aromatic N) is 1. The highest BCUT2D eigenvalue weighted by Crippen LogP contribution is 2.21. The molecule has 1 saturated heterocycles. The quantitative estimate of drug-likeness (QED) is 0.776.